The van der Waals surface area contributed by atoms with Crippen molar-refractivity contribution in [3.63, 3.8) is 0 Å². The Bertz CT molecular complexity index is 464. The van der Waals surface area contributed by atoms with Crippen LogP contribution in [0.1, 0.15) is 18.4 Å². The lowest BCUT2D eigenvalue weighted by atomic mass is 9.97. The predicted octanol–water partition coefficient (Wildman–Crippen LogP) is 2.53. The van der Waals surface area contributed by atoms with E-state index in [2.05, 4.69) is 5.32 Å². The molecule has 3 N–H and O–H groups in total. The lowest BCUT2D eigenvalue weighted by Crippen LogP contribution is -2.43. The number of nitrogens with zero attached hydrogens (tertiary/aromatic N) is 1. The number of nitrogens with two attached hydrogens (primary N) is 1. The molecule has 4 nitrogen and oxygen atoms in total. The summed E-state index contributed by atoms with van der Waals surface area (Å²) in [6.45, 7) is 3.44. The molecule has 1 aliphatic rings. The highest BCUT2D eigenvalue weighted by atomic mass is 32.1. The molecule has 0 radical (unpaired) electrons. The van der Waals surface area contributed by atoms with E-state index in [4.69, 9.17) is 18.0 Å². The minimum Gasteiger partial charge on any atom is -0.393 e. The van der Waals surface area contributed by atoms with Gasteiger partial charge in [-0.3, -0.25) is 0 Å². The molecule has 0 saturated carbocycles. The highest BCUT2D eigenvalue weighted by molar-refractivity contribution is 7.80. The van der Waals surface area contributed by atoms with Gasteiger partial charge in [-0.25, -0.2) is 4.79 Å². The van der Waals surface area contributed by atoms with Crippen LogP contribution in [0, 0.1) is 12.8 Å². The zero-order chi connectivity index (χ0) is 13.8. The van der Waals surface area contributed by atoms with E-state index in [1.54, 1.807) is 0 Å². The summed E-state index contributed by atoms with van der Waals surface area (Å²) in [4.78, 5) is 14.5. The molecule has 1 aromatic rings. The van der Waals surface area contributed by atoms with Gasteiger partial charge in [0.1, 0.15) is 0 Å². The van der Waals surface area contributed by atoms with Gasteiger partial charge in [0, 0.05) is 24.7 Å². The fourth-order valence-electron chi connectivity index (χ4n) is 2.21. The fraction of sp³-hybridized carbons (Fsp3) is 0.429. The standard InChI is InChI=1S/C14H19N3OS/c1-10-2-4-12(5-3-10)16-14(18)17-8-6-11(7-9-17)13(15)19/h2-5,11H,6-9H2,1H3,(H2,15,19)(H,16,18). The third-order valence-corrected chi connectivity index (χ3v) is 3.82. The van der Waals surface area contributed by atoms with Crippen LogP contribution in [0.5, 0.6) is 0 Å². The Kier molecular flexibility index (Phi) is 4.37. The molecule has 0 bridgehead atoms. The van der Waals surface area contributed by atoms with Crippen LogP contribution in [0.25, 0.3) is 0 Å². The lowest BCUT2D eigenvalue weighted by molar-refractivity contribution is 0.193. The summed E-state index contributed by atoms with van der Waals surface area (Å²) in [7, 11) is 0. The summed E-state index contributed by atoms with van der Waals surface area (Å²) in [5.41, 5.74) is 7.64. The Morgan fingerprint density at radius 2 is 1.89 bits per heavy atom. The van der Waals surface area contributed by atoms with Gasteiger partial charge in [0.15, 0.2) is 0 Å². The monoisotopic (exact) mass is 277 g/mol. The normalized spacial score (nSPS) is 16.2. The second-order valence-electron chi connectivity index (χ2n) is 4.96. The van der Waals surface area contributed by atoms with Gasteiger partial charge in [-0.15, -0.1) is 0 Å². The number of piperidine rings is 1. The number of carbonyl (C=O) groups is 1. The van der Waals surface area contributed by atoms with E-state index >= 15 is 0 Å². The molecule has 2 rings (SSSR count). The zero-order valence-corrected chi connectivity index (χ0v) is 11.9. The zero-order valence-electron chi connectivity index (χ0n) is 11.1. The van der Waals surface area contributed by atoms with Crippen molar-refractivity contribution in [2.75, 3.05) is 18.4 Å². The summed E-state index contributed by atoms with van der Waals surface area (Å²) in [5, 5.41) is 2.91. The van der Waals surface area contributed by atoms with E-state index in [9.17, 15) is 4.79 Å². The third-order valence-electron chi connectivity index (χ3n) is 3.49. The summed E-state index contributed by atoms with van der Waals surface area (Å²) >= 11 is 5.00. The Balaban J connectivity index is 1.88. The topological polar surface area (TPSA) is 58.4 Å². The van der Waals surface area contributed by atoms with E-state index in [1.165, 1.54) is 5.56 Å². The summed E-state index contributed by atoms with van der Waals surface area (Å²) in [6, 6.07) is 7.73. The van der Waals surface area contributed by atoms with Gasteiger partial charge >= 0.3 is 6.03 Å². The van der Waals surface area contributed by atoms with Gasteiger partial charge in [0.05, 0.1) is 4.99 Å². The average molecular weight is 277 g/mol. The number of hydrogen-bond acceptors (Lipinski definition) is 2. The summed E-state index contributed by atoms with van der Waals surface area (Å²) < 4.78 is 0. The molecule has 1 fully saturated rings. The van der Waals surface area contributed by atoms with Crippen LogP contribution in [0.2, 0.25) is 0 Å². The number of carbonyl (C=O) groups excluding carboxylic acids is 1. The molecule has 5 heteroatoms. The molecule has 0 aliphatic carbocycles. The first-order valence-corrected chi connectivity index (χ1v) is 6.89. The Morgan fingerprint density at radius 1 is 1.32 bits per heavy atom. The van der Waals surface area contributed by atoms with Crippen LogP contribution in [0.3, 0.4) is 0 Å². The van der Waals surface area contributed by atoms with Gasteiger partial charge in [-0.1, -0.05) is 29.9 Å². The smallest absolute Gasteiger partial charge is 0.321 e. The first-order chi connectivity index (χ1) is 9.06. The van der Waals surface area contributed by atoms with Gasteiger partial charge < -0.3 is 16.0 Å². The van der Waals surface area contributed by atoms with E-state index in [0.717, 1.165) is 18.5 Å². The SMILES string of the molecule is Cc1ccc(NC(=O)N2CCC(C(N)=S)CC2)cc1. The fourth-order valence-corrected chi connectivity index (χ4v) is 2.44. The summed E-state index contributed by atoms with van der Waals surface area (Å²) in [5.74, 6) is 0.276. The Morgan fingerprint density at radius 3 is 2.42 bits per heavy atom. The number of likely N-dealkylation sites (tertiary alicyclic amines) is 1. The highest BCUT2D eigenvalue weighted by Gasteiger charge is 2.24. The van der Waals surface area contributed by atoms with Gasteiger partial charge in [0.2, 0.25) is 0 Å². The predicted molar refractivity (Wildman–Crippen MR) is 81.3 cm³/mol. The van der Waals surface area contributed by atoms with Crippen molar-refractivity contribution >= 4 is 28.9 Å². The molecular weight excluding hydrogens is 258 g/mol. The maximum absolute atomic E-state index is 12.1. The van der Waals surface area contributed by atoms with Crippen molar-refractivity contribution < 1.29 is 4.79 Å². The first-order valence-electron chi connectivity index (χ1n) is 6.48. The van der Waals surface area contributed by atoms with E-state index in [0.29, 0.717) is 18.1 Å². The maximum atomic E-state index is 12.1. The van der Waals surface area contributed by atoms with Crippen molar-refractivity contribution in [2.45, 2.75) is 19.8 Å². The number of anilines is 1. The van der Waals surface area contributed by atoms with Crippen molar-refractivity contribution in [1.82, 2.24) is 4.90 Å². The van der Waals surface area contributed by atoms with E-state index < -0.39 is 0 Å². The highest BCUT2D eigenvalue weighted by Crippen LogP contribution is 2.18. The molecule has 1 aliphatic heterocycles. The largest absolute Gasteiger partial charge is 0.393 e. The molecule has 0 unspecified atom stereocenters. The van der Waals surface area contributed by atoms with Crippen molar-refractivity contribution in [2.24, 2.45) is 11.7 Å². The summed E-state index contributed by atoms with van der Waals surface area (Å²) in [6.07, 6.45) is 1.72. The maximum Gasteiger partial charge on any atom is 0.321 e. The molecule has 1 aromatic carbocycles. The number of nitrogens with one attached hydrogen (secondary N) is 1. The molecule has 19 heavy (non-hydrogen) atoms. The second kappa shape index (κ2) is 6.02. The number of benzene rings is 1. The Labute approximate surface area is 119 Å². The van der Waals surface area contributed by atoms with Gasteiger partial charge in [0.25, 0.3) is 0 Å². The number of aryl methyl sites for hydroxylation is 1. The minimum atomic E-state index is -0.0507. The molecule has 0 spiro atoms. The molecule has 102 valence electrons. The van der Waals surface area contributed by atoms with E-state index in [-0.39, 0.29) is 11.9 Å². The molecule has 0 atom stereocenters. The van der Waals surface area contributed by atoms with Crippen LogP contribution in [0.4, 0.5) is 10.5 Å². The molecule has 1 heterocycles. The minimum absolute atomic E-state index is 0.0507. The van der Waals surface area contributed by atoms with Crippen LogP contribution in [-0.2, 0) is 0 Å². The van der Waals surface area contributed by atoms with E-state index in [1.807, 2.05) is 36.1 Å². The number of hydrogen-bond donors (Lipinski definition) is 2. The average Bonchev–Trinajstić information content (AvgIpc) is 2.41. The van der Waals surface area contributed by atoms with Crippen molar-refractivity contribution in [1.29, 1.82) is 0 Å². The number of amides is 2. The second-order valence-corrected chi connectivity index (χ2v) is 5.43. The number of thiocarbonyl (C=S) groups is 1. The van der Waals surface area contributed by atoms with Crippen molar-refractivity contribution in [3.05, 3.63) is 29.8 Å². The Hall–Kier alpha value is -1.62. The number of urea groups is 1. The van der Waals surface area contributed by atoms with Crippen molar-refractivity contribution in [3.8, 4) is 0 Å². The van der Waals surface area contributed by atoms with Crippen LogP contribution in [-0.4, -0.2) is 29.0 Å². The van der Waals surface area contributed by atoms with Crippen LogP contribution >= 0.6 is 12.2 Å². The molecule has 1 saturated heterocycles. The lowest BCUT2D eigenvalue weighted by Gasteiger charge is -2.31. The third kappa shape index (κ3) is 3.67. The van der Waals surface area contributed by atoms with Gasteiger partial charge in [-0.05, 0) is 31.9 Å². The van der Waals surface area contributed by atoms with Crippen LogP contribution < -0.4 is 11.1 Å². The first kappa shape index (κ1) is 13.8. The van der Waals surface area contributed by atoms with Crippen LogP contribution in [0.15, 0.2) is 24.3 Å². The van der Waals surface area contributed by atoms with Gasteiger partial charge in [-0.2, -0.15) is 0 Å². The number of rotatable bonds is 2. The quantitative estimate of drug-likeness (QED) is 0.817. The molecule has 2 amide bonds. The molecule has 0 aromatic heterocycles. The molecular formula is C14H19N3OS.